The van der Waals surface area contributed by atoms with E-state index < -0.39 is 5.97 Å². The van der Waals surface area contributed by atoms with Crippen molar-refractivity contribution in [2.75, 3.05) is 0 Å². The first-order valence-corrected chi connectivity index (χ1v) is 5.85. The predicted molar refractivity (Wildman–Crippen MR) is 67.7 cm³/mol. The molecule has 4 nitrogen and oxygen atoms in total. The third-order valence-corrected chi connectivity index (χ3v) is 3.04. The van der Waals surface area contributed by atoms with Crippen LogP contribution in [0.4, 0.5) is 0 Å². The van der Waals surface area contributed by atoms with Crippen molar-refractivity contribution < 1.29 is 9.90 Å². The lowest BCUT2D eigenvalue weighted by Gasteiger charge is -2.08. The molecule has 0 unspecified atom stereocenters. The van der Waals surface area contributed by atoms with Crippen molar-refractivity contribution in [1.82, 2.24) is 9.55 Å². The number of imidazole rings is 1. The van der Waals surface area contributed by atoms with E-state index in [0.717, 1.165) is 10.2 Å². The Bertz CT molecular complexity index is 573. The number of aryl methyl sites for hydroxylation is 2. The maximum Gasteiger partial charge on any atom is 0.354 e. The van der Waals surface area contributed by atoms with Crippen LogP contribution in [0.1, 0.15) is 22.0 Å². The van der Waals surface area contributed by atoms with Gasteiger partial charge in [-0.25, -0.2) is 9.78 Å². The van der Waals surface area contributed by atoms with Gasteiger partial charge in [0.15, 0.2) is 5.69 Å². The number of hydrogen-bond acceptors (Lipinski definition) is 2. The van der Waals surface area contributed by atoms with Crippen LogP contribution in [0.3, 0.4) is 0 Å². The Hall–Kier alpha value is -1.62. The molecular weight excluding hydrogens is 284 g/mol. The normalized spacial score (nSPS) is 10.5. The maximum absolute atomic E-state index is 11.2. The summed E-state index contributed by atoms with van der Waals surface area (Å²) in [4.78, 5) is 15.4. The summed E-state index contributed by atoms with van der Waals surface area (Å²) in [6, 6.07) is 7.45. The van der Waals surface area contributed by atoms with Gasteiger partial charge in [-0.3, -0.25) is 4.57 Å². The number of carbonyl (C=O) groups is 1. The van der Waals surface area contributed by atoms with Gasteiger partial charge in [-0.05, 0) is 38.1 Å². The van der Waals surface area contributed by atoms with E-state index in [4.69, 9.17) is 0 Å². The Morgan fingerprint density at radius 2 is 1.88 bits per heavy atom. The van der Waals surface area contributed by atoms with E-state index in [0.29, 0.717) is 11.5 Å². The number of nitrogens with zero attached hydrogens (tertiary/aromatic N) is 2. The highest BCUT2D eigenvalue weighted by molar-refractivity contribution is 9.10. The molecule has 1 N–H and O–H groups in total. The number of benzene rings is 1. The molecule has 0 amide bonds. The van der Waals surface area contributed by atoms with Crippen LogP contribution in [0.15, 0.2) is 28.7 Å². The van der Waals surface area contributed by atoms with Crippen molar-refractivity contribution in [2.24, 2.45) is 0 Å². The van der Waals surface area contributed by atoms with Crippen LogP contribution in [-0.2, 0) is 0 Å². The second kappa shape index (κ2) is 4.33. The zero-order valence-electron chi connectivity index (χ0n) is 9.44. The lowest BCUT2D eigenvalue weighted by atomic mass is 10.3. The summed E-state index contributed by atoms with van der Waals surface area (Å²) in [5.41, 5.74) is 1.53. The number of hydrogen-bond donors (Lipinski definition) is 1. The molecule has 0 saturated carbocycles. The van der Waals surface area contributed by atoms with Crippen molar-refractivity contribution in [3.05, 3.63) is 46.0 Å². The minimum absolute atomic E-state index is 0.213. The number of aromatic carboxylic acids is 1. The Morgan fingerprint density at radius 3 is 2.41 bits per heavy atom. The highest BCUT2D eigenvalue weighted by Crippen LogP contribution is 2.20. The summed E-state index contributed by atoms with van der Waals surface area (Å²) in [6.07, 6.45) is 0. The molecule has 0 aliphatic rings. The first-order valence-electron chi connectivity index (χ1n) is 5.06. The average molecular weight is 295 g/mol. The van der Waals surface area contributed by atoms with E-state index in [1.165, 1.54) is 0 Å². The molecule has 1 aromatic carbocycles. The molecule has 0 spiro atoms. The molecule has 0 bridgehead atoms. The van der Waals surface area contributed by atoms with Crippen LogP contribution in [0, 0.1) is 13.8 Å². The van der Waals surface area contributed by atoms with Crippen LogP contribution in [0.25, 0.3) is 5.69 Å². The molecule has 17 heavy (non-hydrogen) atoms. The van der Waals surface area contributed by atoms with Gasteiger partial charge in [0.25, 0.3) is 0 Å². The fourth-order valence-electron chi connectivity index (χ4n) is 1.83. The highest BCUT2D eigenvalue weighted by Gasteiger charge is 2.18. The fraction of sp³-hybridized carbons (Fsp3) is 0.167. The summed E-state index contributed by atoms with van der Waals surface area (Å²) >= 11 is 3.35. The lowest BCUT2D eigenvalue weighted by Crippen LogP contribution is -2.09. The molecule has 1 aromatic heterocycles. The third kappa shape index (κ3) is 2.10. The SMILES string of the molecule is Cc1nc(C)n(-c2ccc(Br)cc2)c1C(=O)O. The van der Waals surface area contributed by atoms with Crippen LogP contribution in [-0.4, -0.2) is 20.6 Å². The monoisotopic (exact) mass is 294 g/mol. The van der Waals surface area contributed by atoms with Crippen LogP contribution in [0.2, 0.25) is 0 Å². The number of carboxylic acid groups (broad SMARTS) is 1. The summed E-state index contributed by atoms with van der Waals surface area (Å²) < 4.78 is 2.59. The molecule has 0 aliphatic heterocycles. The Balaban J connectivity index is 2.66. The quantitative estimate of drug-likeness (QED) is 0.926. The van der Waals surface area contributed by atoms with Crippen molar-refractivity contribution in [3.8, 4) is 5.69 Å². The van der Waals surface area contributed by atoms with Crippen molar-refractivity contribution in [1.29, 1.82) is 0 Å². The molecule has 0 aliphatic carbocycles. The maximum atomic E-state index is 11.2. The summed E-state index contributed by atoms with van der Waals surface area (Å²) in [7, 11) is 0. The topological polar surface area (TPSA) is 55.1 Å². The third-order valence-electron chi connectivity index (χ3n) is 2.51. The van der Waals surface area contributed by atoms with Crippen LogP contribution < -0.4 is 0 Å². The average Bonchev–Trinajstić information content (AvgIpc) is 2.55. The van der Waals surface area contributed by atoms with E-state index in [2.05, 4.69) is 20.9 Å². The Kier molecular flexibility index (Phi) is 3.02. The molecule has 2 rings (SSSR count). The molecule has 0 saturated heterocycles. The largest absolute Gasteiger partial charge is 0.477 e. The lowest BCUT2D eigenvalue weighted by molar-refractivity contribution is 0.0687. The van der Waals surface area contributed by atoms with Gasteiger partial charge in [-0.1, -0.05) is 15.9 Å². The van der Waals surface area contributed by atoms with Gasteiger partial charge in [0.1, 0.15) is 5.82 Å². The minimum atomic E-state index is -0.967. The van der Waals surface area contributed by atoms with E-state index in [1.54, 1.807) is 18.4 Å². The van der Waals surface area contributed by atoms with Crippen molar-refractivity contribution >= 4 is 21.9 Å². The summed E-state index contributed by atoms with van der Waals surface area (Å²) in [5.74, 6) is -0.298. The molecule has 0 fully saturated rings. The van der Waals surface area contributed by atoms with Gasteiger partial charge in [0.2, 0.25) is 0 Å². The van der Waals surface area contributed by atoms with E-state index in [9.17, 15) is 9.90 Å². The Morgan fingerprint density at radius 1 is 1.29 bits per heavy atom. The smallest absolute Gasteiger partial charge is 0.354 e. The van der Waals surface area contributed by atoms with Gasteiger partial charge in [-0.15, -0.1) is 0 Å². The summed E-state index contributed by atoms with van der Waals surface area (Å²) in [6.45, 7) is 3.49. The predicted octanol–water partition coefficient (Wildman–Crippen LogP) is 2.95. The van der Waals surface area contributed by atoms with Crippen LogP contribution in [0.5, 0.6) is 0 Å². The van der Waals surface area contributed by atoms with Gasteiger partial charge in [-0.2, -0.15) is 0 Å². The zero-order chi connectivity index (χ0) is 12.6. The van der Waals surface area contributed by atoms with E-state index in [-0.39, 0.29) is 5.69 Å². The second-order valence-corrected chi connectivity index (χ2v) is 4.63. The molecular formula is C12H11BrN2O2. The first-order chi connectivity index (χ1) is 8.00. The molecule has 0 radical (unpaired) electrons. The number of halogens is 1. The molecule has 1 heterocycles. The van der Waals surface area contributed by atoms with Gasteiger partial charge >= 0.3 is 5.97 Å². The van der Waals surface area contributed by atoms with Crippen molar-refractivity contribution in [3.63, 3.8) is 0 Å². The van der Waals surface area contributed by atoms with Gasteiger partial charge in [0.05, 0.1) is 5.69 Å². The summed E-state index contributed by atoms with van der Waals surface area (Å²) in [5, 5.41) is 9.21. The second-order valence-electron chi connectivity index (χ2n) is 3.71. The van der Waals surface area contributed by atoms with Gasteiger partial charge < -0.3 is 5.11 Å². The van der Waals surface area contributed by atoms with E-state index >= 15 is 0 Å². The van der Waals surface area contributed by atoms with E-state index in [1.807, 2.05) is 24.3 Å². The molecule has 0 atom stereocenters. The zero-order valence-corrected chi connectivity index (χ0v) is 11.0. The number of aromatic nitrogens is 2. The Labute approximate surface area is 107 Å². The first kappa shape index (κ1) is 11.9. The molecule has 2 aromatic rings. The van der Waals surface area contributed by atoms with Gasteiger partial charge in [0, 0.05) is 10.2 Å². The minimum Gasteiger partial charge on any atom is -0.477 e. The number of rotatable bonds is 2. The van der Waals surface area contributed by atoms with Crippen LogP contribution >= 0.6 is 15.9 Å². The molecule has 5 heteroatoms. The molecule has 88 valence electrons. The van der Waals surface area contributed by atoms with Crippen molar-refractivity contribution in [2.45, 2.75) is 13.8 Å². The standard InChI is InChI=1S/C12H11BrN2O2/c1-7-11(12(16)17)15(8(2)14-7)10-5-3-9(13)4-6-10/h3-6H,1-2H3,(H,16,17). The highest BCUT2D eigenvalue weighted by atomic mass is 79.9. The number of carboxylic acids is 1. The fourth-order valence-corrected chi connectivity index (χ4v) is 2.09.